The van der Waals surface area contributed by atoms with E-state index in [0.717, 1.165) is 13.0 Å². The van der Waals surface area contributed by atoms with Crippen LogP contribution in [0, 0.1) is 5.41 Å². The monoisotopic (exact) mass is 247 g/mol. The van der Waals surface area contributed by atoms with Crippen molar-refractivity contribution in [2.24, 2.45) is 5.41 Å². The number of nitrogens with one attached hydrogen (secondary N) is 1. The van der Waals surface area contributed by atoms with Crippen molar-refractivity contribution in [3.8, 4) is 5.75 Å². The van der Waals surface area contributed by atoms with Crippen LogP contribution in [0.4, 0.5) is 0 Å². The van der Waals surface area contributed by atoms with Gasteiger partial charge in [0.15, 0.2) is 0 Å². The Hall–Kier alpha value is -1.02. The van der Waals surface area contributed by atoms with Gasteiger partial charge in [-0.1, -0.05) is 38.8 Å². The smallest absolute Gasteiger partial charge is 0.115 e. The van der Waals surface area contributed by atoms with Crippen LogP contribution in [-0.4, -0.2) is 11.7 Å². The molecule has 0 aromatic heterocycles. The van der Waals surface area contributed by atoms with E-state index in [-0.39, 0.29) is 0 Å². The predicted molar refractivity (Wildman–Crippen MR) is 75.7 cm³/mol. The van der Waals surface area contributed by atoms with Gasteiger partial charge in [-0.25, -0.2) is 0 Å². The molecule has 1 atom stereocenters. The lowest BCUT2D eigenvalue weighted by atomic mass is 9.88. The summed E-state index contributed by atoms with van der Waals surface area (Å²) in [5, 5.41) is 13.0. The molecule has 0 radical (unpaired) electrons. The summed E-state index contributed by atoms with van der Waals surface area (Å²) in [4.78, 5) is 0. The first-order valence-electron chi connectivity index (χ1n) is 7.15. The zero-order chi connectivity index (χ0) is 13.0. The van der Waals surface area contributed by atoms with E-state index in [1.54, 1.807) is 12.1 Å². The van der Waals surface area contributed by atoms with Crippen LogP contribution >= 0.6 is 0 Å². The first-order chi connectivity index (χ1) is 8.63. The summed E-state index contributed by atoms with van der Waals surface area (Å²) >= 11 is 0. The third-order valence-electron chi connectivity index (χ3n) is 4.29. The Morgan fingerprint density at radius 1 is 1.22 bits per heavy atom. The van der Waals surface area contributed by atoms with Crippen molar-refractivity contribution in [3.05, 3.63) is 29.8 Å². The molecule has 0 spiro atoms. The molecular weight excluding hydrogens is 222 g/mol. The summed E-state index contributed by atoms with van der Waals surface area (Å²) in [7, 11) is 0. The number of hydrogen-bond donors (Lipinski definition) is 2. The largest absolute Gasteiger partial charge is 0.508 e. The molecule has 0 saturated heterocycles. The second-order valence-electron chi connectivity index (χ2n) is 5.95. The topological polar surface area (TPSA) is 32.3 Å². The van der Waals surface area contributed by atoms with Crippen molar-refractivity contribution in [2.45, 2.75) is 52.0 Å². The maximum atomic E-state index is 9.33. The van der Waals surface area contributed by atoms with E-state index in [0.29, 0.717) is 17.2 Å². The van der Waals surface area contributed by atoms with E-state index in [9.17, 15) is 5.11 Å². The Bertz CT molecular complexity index is 365. The summed E-state index contributed by atoms with van der Waals surface area (Å²) in [6, 6.07) is 8.00. The van der Waals surface area contributed by atoms with Gasteiger partial charge in [-0.15, -0.1) is 0 Å². The highest BCUT2D eigenvalue weighted by molar-refractivity contribution is 5.28. The van der Waals surface area contributed by atoms with Gasteiger partial charge >= 0.3 is 0 Å². The molecule has 1 fully saturated rings. The van der Waals surface area contributed by atoms with Crippen LogP contribution in [0.3, 0.4) is 0 Å². The predicted octanol–water partition coefficient (Wildman–Crippen LogP) is 4.01. The number of aromatic hydroxyl groups is 1. The fraction of sp³-hybridized carbons (Fsp3) is 0.625. The van der Waals surface area contributed by atoms with Crippen LogP contribution in [0.25, 0.3) is 0 Å². The summed E-state index contributed by atoms with van der Waals surface area (Å²) in [5.41, 5.74) is 1.77. The van der Waals surface area contributed by atoms with Gasteiger partial charge in [0.1, 0.15) is 5.75 Å². The van der Waals surface area contributed by atoms with Crippen LogP contribution in [0.15, 0.2) is 24.3 Å². The molecule has 100 valence electrons. The van der Waals surface area contributed by atoms with Crippen molar-refractivity contribution in [1.29, 1.82) is 0 Å². The lowest BCUT2D eigenvalue weighted by molar-refractivity contribution is 0.295. The van der Waals surface area contributed by atoms with Crippen LogP contribution in [-0.2, 0) is 0 Å². The van der Waals surface area contributed by atoms with Crippen molar-refractivity contribution in [1.82, 2.24) is 5.32 Å². The van der Waals surface area contributed by atoms with Gasteiger partial charge in [0, 0.05) is 12.6 Å². The number of benzene rings is 1. The molecule has 0 heterocycles. The SMILES string of the molecule is CCC(NCC1(C)CCCC1)c1ccc(O)cc1. The number of phenolic OH excluding ortho intramolecular Hbond substituents is 1. The van der Waals surface area contributed by atoms with Gasteiger partial charge < -0.3 is 10.4 Å². The number of rotatable bonds is 5. The van der Waals surface area contributed by atoms with E-state index in [4.69, 9.17) is 0 Å². The summed E-state index contributed by atoms with van der Waals surface area (Å²) in [6.45, 7) is 5.71. The number of phenols is 1. The molecule has 2 N–H and O–H groups in total. The van der Waals surface area contributed by atoms with Crippen molar-refractivity contribution in [3.63, 3.8) is 0 Å². The van der Waals surface area contributed by atoms with E-state index in [1.165, 1.54) is 31.2 Å². The first-order valence-corrected chi connectivity index (χ1v) is 7.15. The molecular formula is C16H25NO. The fourth-order valence-corrected chi connectivity index (χ4v) is 2.98. The maximum absolute atomic E-state index is 9.33. The highest BCUT2D eigenvalue weighted by Crippen LogP contribution is 2.37. The Kier molecular flexibility index (Phi) is 4.28. The second kappa shape index (κ2) is 5.75. The Morgan fingerprint density at radius 2 is 1.83 bits per heavy atom. The van der Waals surface area contributed by atoms with Crippen LogP contribution < -0.4 is 5.32 Å². The average molecular weight is 247 g/mol. The Morgan fingerprint density at radius 3 is 2.39 bits per heavy atom. The van der Waals surface area contributed by atoms with E-state index in [2.05, 4.69) is 19.2 Å². The molecule has 0 amide bonds. The highest BCUT2D eigenvalue weighted by atomic mass is 16.3. The van der Waals surface area contributed by atoms with Gasteiger partial charge in [-0.2, -0.15) is 0 Å². The zero-order valence-corrected chi connectivity index (χ0v) is 11.6. The van der Waals surface area contributed by atoms with Gasteiger partial charge in [0.05, 0.1) is 0 Å². The van der Waals surface area contributed by atoms with Gasteiger partial charge in [-0.3, -0.25) is 0 Å². The number of hydrogen-bond acceptors (Lipinski definition) is 2. The quantitative estimate of drug-likeness (QED) is 0.824. The van der Waals surface area contributed by atoms with Gasteiger partial charge in [-0.05, 0) is 42.4 Å². The minimum absolute atomic E-state index is 0.344. The lowest BCUT2D eigenvalue weighted by Gasteiger charge is -2.27. The maximum Gasteiger partial charge on any atom is 0.115 e. The van der Waals surface area contributed by atoms with E-state index < -0.39 is 0 Å². The standard InChI is InChI=1S/C16H25NO/c1-3-15(13-6-8-14(18)9-7-13)17-12-16(2)10-4-5-11-16/h6-9,15,17-18H,3-5,10-12H2,1-2H3. The summed E-state index contributed by atoms with van der Waals surface area (Å²) in [5.74, 6) is 0.344. The molecule has 1 aromatic carbocycles. The molecule has 1 aliphatic rings. The highest BCUT2D eigenvalue weighted by Gasteiger charge is 2.28. The van der Waals surface area contributed by atoms with E-state index in [1.807, 2.05) is 12.1 Å². The van der Waals surface area contributed by atoms with Crippen molar-refractivity contribution < 1.29 is 5.11 Å². The minimum Gasteiger partial charge on any atom is -0.508 e. The van der Waals surface area contributed by atoms with E-state index >= 15 is 0 Å². The minimum atomic E-state index is 0.344. The van der Waals surface area contributed by atoms with Crippen molar-refractivity contribution >= 4 is 0 Å². The van der Waals surface area contributed by atoms with Crippen LogP contribution in [0.2, 0.25) is 0 Å². The van der Waals surface area contributed by atoms with Crippen LogP contribution in [0.5, 0.6) is 5.75 Å². The average Bonchev–Trinajstić information content (AvgIpc) is 2.79. The van der Waals surface area contributed by atoms with Gasteiger partial charge in [0.25, 0.3) is 0 Å². The normalized spacial score (nSPS) is 19.9. The molecule has 1 aliphatic carbocycles. The molecule has 1 aromatic rings. The Balaban J connectivity index is 1.95. The Labute approximate surface area is 110 Å². The zero-order valence-electron chi connectivity index (χ0n) is 11.6. The second-order valence-corrected chi connectivity index (χ2v) is 5.95. The molecule has 1 unspecified atom stereocenters. The summed E-state index contributed by atoms with van der Waals surface area (Å²) < 4.78 is 0. The molecule has 0 bridgehead atoms. The summed E-state index contributed by atoms with van der Waals surface area (Å²) in [6.07, 6.45) is 6.56. The lowest BCUT2D eigenvalue weighted by Crippen LogP contribution is -2.32. The van der Waals surface area contributed by atoms with Gasteiger partial charge in [0.2, 0.25) is 0 Å². The third-order valence-corrected chi connectivity index (χ3v) is 4.29. The fourth-order valence-electron chi connectivity index (χ4n) is 2.98. The molecule has 0 aliphatic heterocycles. The molecule has 2 nitrogen and oxygen atoms in total. The molecule has 2 heteroatoms. The first kappa shape index (κ1) is 13.4. The molecule has 1 saturated carbocycles. The van der Waals surface area contributed by atoms with Crippen molar-refractivity contribution in [2.75, 3.05) is 6.54 Å². The molecule has 2 rings (SSSR count). The molecule has 18 heavy (non-hydrogen) atoms. The third kappa shape index (κ3) is 3.26. The van der Waals surface area contributed by atoms with Crippen LogP contribution in [0.1, 0.15) is 57.6 Å².